The normalized spacial score (nSPS) is 20.6. The topological polar surface area (TPSA) is 78.9 Å². The Balaban J connectivity index is 2.10. The maximum atomic E-state index is 13.1. The summed E-state index contributed by atoms with van der Waals surface area (Å²) in [5.41, 5.74) is -0.326. The monoisotopic (exact) mass is 443 g/mol. The van der Waals surface area contributed by atoms with Gasteiger partial charge in [-0.05, 0) is 66.5 Å². The summed E-state index contributed by atoms with van der Waals surface area (Å²) in [6.07, 6.45) is 5.03. The maximum absolute atomic E-state index is 13.1. The Kier molecular flexibility index (Phi) is 7.69. The molecule has 1 aliphatic heterocycles. The fourth-order valence-corrected chi connectivity index (χ4v) is 7.14. The van der Waals surface area contributed by atoms with E-state index in [0.717, 1.165) is 5.56 Å². The van der Waals surface area contributed by atoms with Crippen LogP contribution in [0.5, 0.6) is 0 Å². The van der Waals surface area contributed by atoms with Gasteiger partial charge in [-0.3, -0.25) is 0 Å². The number of sulfonamides is 1. The SMILES string of the molecule is C/C=C/CCN(CCC[P+]1([O-])OC(C)(C)C(C)(C)O1)S(=O)(=O)c1ccc(C)cc1. The first kappa shape index (κ1) is 24.4. The smallest absolute Gasteiger partial charge is 0.243 e. The molecule has 8 heteroatoms. The minimum Gasteiger partial charge on any atom is -0.631 e. The third kappa shape index (κ3) is 5.87. The quantitative estimate of drug-likeness (QED) is 0.425. The molecule has 29 heavy (non-hydrogen) atoms. The third-order valence-electron chi connectivity index (χ3n) is 5.46. The molecular weight excluding hydrogens is 409 g/mol. The van der Waals surface area contributed by atoms with Crippen LogP contribution < -0.4 is 4.89 Å². The van der Waals surface area contributed by atoms with E-state index in [4.69, 9.17) is 9.05 Å². The standard InChI is InChI=1S/C21H34NO5PS/c1-7-8-9-15-22(29(24,25)19-13-11-18(2)12-14-19)16-10-17-28(23)26-20(3,4)21(5,6)27-28/h7-8,11-14H,9-10,15-17H2,1-6H3/b8-7+. The molecule has 0 aromatic heterocycles. The molecule has 2 rings (SSSR count). The molecule has 0 bridgehead atoms. The lowest BCUT2D eigenvalue weighted by Crippen LogP contribution is -2.41. The first-order valence-corrected chi connectivity index (χ1v) is 13.2. The minimum atomic E-state index is -3.63. The van der Waals surface area contributed by atoms with Gasteiger partial charge in [0.15, 0.2) is 0 Å². The molecule has 1 fully saturated rings. The van der Waals surface area contributed by atoms with Gasteiger partial charge >= 0.3 is 0 Å². The van der Waals surface area contributed by atoms with Gasteiger partial charge in [-0.15, -0.1) is 0 Å². The zero-order chi connectivity index (χ0) is 21.9. The number of rotatable bonds is 9. The summed E-state index contributed by atoms with van der Waals surface area (Å²) in [6, 6.07) is 6.84. The van der Waals surface area contributed by atoms with Gasteiger partial charge in [0.25, 0.3) is 0 Å². The zero-order valence-corrected chi connectivity index (χ0v) is 20.1. The molecule has 1 aliphatic rings. The van der Waals surface area contributed by atoms with Gasteiger partial charge in [-0.2, -0.15) is 4.31 Å². The lowest BCUT2D eigenvalue weighted by Gasteiger charge is -2.25. The summed E-state index contributed by atoms with van der Waals surface area (Å²) < 4.78 is 39.2. The number of hydrogen-bond donors (Lipinski definition) is 0. The van der Waals surface area contributed by atoms with E-state index in [2.05, 4.69) is 0 Å². The number of hydrogen-bond acceptors (Lipinski definition) is 5. The van der Waals surface area contributed by atoms with Crippen LogP contribution in [0.25, 0.3) is 0 Å². The van der Waals surface area contributed by atoms with E-state index >= 15 is 0 Å². The Morgan fingerprint density at radius 3 is 2.14 bits per heavy atom. The Bertz CT molecular complexity index is 802. The average Bonchev–Trinajstić information content (AvgIpc) is 2.76. The van der Waals surface area contributed by atoms with Crippen molar-refractivity contribution >= 4 is 18.0 Å². The Morgan fingerprint density at radius 2 is 1.62 bits per heavy atom. The minimum absolute atomic E-state index is 0.184. The molecule has 0 spiro atoms. The first-order chi connectivity index (χ1) is 13.3. The number of aryl methyl sites for hydroxylation is 1. The highest BCUT2D eigenvalue weighted by atomic mass is 32.2. The fraction of sp³-hybridized carbons (Fsp3) is 0.619. The van der Waals surface area contributed by atoms with Gasteiger partial charge in [0, 0.05) is 13.1 Å². The summed E-state index contributed by atoms with van der Waals surface area (Å²) >= 11 is 0. The molecule has 0 unspecified atom stereocenters. The summed E-state index contributed by atoms with van der Waals surface area (Å²) in [5, 5.41) is 0. The second-order valence-electron chi connectivity index (χ2n) is 8.47. The molecule has 0 N–H and O–H groups in total. The zero-order valence-electron chi connectivity index (χ0n) is 18.3. The van der Waals surface area contributed by atoms with Crippen LogP contribution in [0.4, 0.5) is 0 Å². The molecule has 0 aliphatic carbocycles. The van der Waals surface area contributed by atoms with Crippen molar-refractivity contribution in [2.45, 2.75) is 70.5 Å². The van der Waals surface area contributed by atoms with Crippen LogP contribution in [0.2, 0.25) is 0 Å². The average molecular weight is 444 g/mol. The molecular formula is C21H34NO5PS. The Morgan fingerprint density at radius 1 is 1.07 bits per heavy atom. The number of benzene rings is 1. The van der Waals surface area contributed by atoms with E-state index in [0.29, 0.717) is 19.4 Å². The summed E-state index contributed by atoms with van der Waals surface area (Å²) in [6.45, 7) is 11.9. The first-order valence-electron chi connectivity index (χ1n) is 10.0. The highest BCUT2D eigenvalue weighted by Crippen LogP contribution is 2.66. The van der Waals surface area contributed by atoms with E-state index in [1.54, 1.807) is 24.3 Å². The molecule has 0 saturated carbocycles. The van der Waals surface area contributed by atoms with Gasteiger partial charge in [0.05, 0.1) is 4.90 Å². The van der Waals surface area contributed by atoms with Gasteiger partial charge in [0.2, 0.25) is 18.0 Å². The van der Waals surface area contributed by atoms with Crippen molar-refractivity contribution in [3.05, 3.63) is 42.0 Å². The Labute approximate surface area is 176 Å². The van der Waals surface area contributed by atoms with E-state index < -0.39 is 29.2 Å². The van der Waals surface area contributed by atoms with E-state index in [1.165, 1.54) is 4.31 Å². The van der Waals surface area contributed by atoms with Gasteiger partial charge in [-0.25, -0.2) is 17.5 Å². The van der Waals surface area contributed by atoms with Crippen molar-refractivity contribution in [3.63, 3.8) is 0 Å². The second-order valence-corrected chi connectivity index (χ2v) is 12.4. The largest absolute Gasteiger partial charge is 0.631 e. The van der Waals surface area contributed by atoms with Gasteiger partial charge in [-0.1, -0.05) is 29.8 Å². The molecule has 1 heterocycles. The van der Waals surface area contributed by atoms with E-state index in [-0.39, 0.29) is 17.6 Å². The van der Waals surface area contributed by atoms with Crippen molar-refractivity contribution in [1.29, 1.82) is 0 Å². The van der Waals surface area contributed by atoms with Crippen molar-refractivity contribution < 1.29 is 22.4 Å². The van der Waals surface area contributed by atoms with E-state index in [9.17, 15) is 13.3 Å². The van der Waals surface area contributed by atoms with Crippen molar-refractivity contribution in [1.82, 2.24) is 4.31 Å². The molecule has 0 radical (unpaired) electrons. The molecule has 0 amide bonds. The van der Waals surface area contributed by atoms with Crippen LogP contribution in [0.1, 0.15) is 53.0 Å². The predicted molar refractivity (Wildman–Crippen MR) is 116 cm³/mol. The number of allylic oxidation sites excluding steroid dienone is 1. The van der Waals surface area contributed by atoms with Crippen molar-refractivity contribution in [2.75, 3.05) is 19.3 Å². The van der Waals surface area contributed by atoms with E-state index in [1.807, 2.05) is 53.7 Å². The molecule has 1 aromatic carbocycles. The fourth-order valence-electron chi connectivity index (χ4n) is 3.06. The second kappa shape index (κ2) is 9.13. The van der Waals surface area contributed by atoms with Gasteiger partial charge in [0.1, 0.15) is 17.4 Å². The summed E-state index contributed by atoms with van der Waals surface area (Å²) in [7, 11) is -6.90. The van der Waals surface area contributed by atoms with Gasteiger partial charge < -0.3 is 4.89 Å². The maximum Gasteiger partial charge on any atom is 0.243 e. The highest BCUT2D eigenvalue weighted by Gasteiger charge is 2.59. The predicted octanol–water partition coefficient (Wildman–Crippen LogP) is 4.07. The van der Waals surface area contributed by atoms with Crippen LogP contribution in [0.15, 0.2) is 41.3 Å². The highest BCUT2D eigenvalue weighted by molar-refractivity contribution is 7.89. The lowest BCUT2D eigenvalue weighted by molar-refractivity contribution is -0.212. The van der Waals surface area contributed by atoms with Crippen LogP contribution in [-0.4, -0.2) is 43.2 Å². The Hall–Kier alpha value is -0.820. The molecule has 0 atom stereocenters. The molecule has 1 saturated heterocycles. The number of nitrogens with zero attached hydrogens (tertiary/aromatic N) is 1. The molecule has 164 valence electrons. The third-order valence-corrected chi connectivity index (χ3v) is 9.71. The molecule has 6 nitrogen and oxygen atoms in total. The summed E-state index contributed by atoms with van der Waals surface area (Å²) in [5.74, 6) is 0. The van der Waals surface area contributed by atoms with Crippen LogP contribution in [0.3, 0.4) is 0 Å². The van der Waals surface area contributed by atoms with Crippen LogP contribution >= 0.6 is 7.94 Å². The van der Waals surface area contributed by atoms with Crippen molar-refractivity contribution in [2.24, 2.45) is 0 Å². The van der Waals surface area contributed by atoms with Crippen molar-refractivity contribution in [3.8, 4) is 0 Å². The lowest BCUT2D eigenvalue weighted by atomic mass is 9.90. The summed E-state index contributed by atoms with van der Waals surface area (Å²) in [4.78, 5) is 13.3. The molecule has 1 aromatic rings. The van der Waals surface area contributed by atoms with Crippen LogP contribution in [-0.2, 0) is 19.1 Å². The van der Waals surface area contributed by atoms with Crippen LogP contribution in [0, 0.1) is 6.92 Å².